The zero-order valence-electron chi connectivity index (χ0n) is 14.9. The van der Waals surface area contributed by atoms with Crippen LogP contribution in [0.4, 0.5) is 5.82 Å². The molecule has 134 valence electrons. The molecule has 3 aromatic rings. The number of fused-ring (bicyclic) bond motifs is 2. The minimum atomic E-state index is -0.411. The van der Waals surface area contributed by atoms with Crippen molar-refractivity contribution in [2.45, 2.75) is 39.2 Å². The van der Waals surface area contributed by atoms with Gasteiger partial charge in [-0.05, 0) is 44.2 Å². The Bertz CT molecular complexity index is 964. The van der Waals surface area contributed by atoms with Gasteiger partial charge in [0.1, 0.15) is 23.5 Å². The lowest BCUT2D eigenvalue weighted by Crippen LogP contribution is -2.18. The van der Waals surface area contributed by atoms with E-state index < -0.39 is 5.97 Å². The van der Waals surface area contributed by atoms with Gasteiger partial charge in [-0.2, -0.15) is 0 Å². The Hall–Kier alpha value is -2.89. The monoisotopic (exact) mass is 351 g/mol. The molecule has 6 nitrogen and oxygen atoms in total. The van der Waals surface area contributed by atoms with Gasteiger partial charge >= 0.3 is 5.97 Å². The molecule has 1 aliphatic rings. The number of ether oxygens (including phenoxy) is 1. The number of nitrogens with one attached hydrogen (secondary N) is 1. The quantitative estimate of drug-likeness (QED) is 0.710. The fourth-order valence-electron chi connectivity index (χ4n) is 3.67. The molecule has 1 atom stereocenters. The molecule has 0 amide bonds. The number of aryl methyl sites for hydroxylation is 2. The number of esters is 1. The van der Waals surface area contributed by atoms with E-state index in [9.17, 15) is 4.79 Å². The van der Waals surface area contributed by atoms with E-state index in [1.165, 1.54) is 17.5 Å². The fourth-order valence-corrected chi connectivity index (χ4v) is 3.67. The molecule has 1 aromatic carbocycles. The van der Waals surface area contributed by atoms with Gasteiger partial charge in [-0.25, -0.2) is 14.8 Å². The molecule has 4 rings (SSSR count). The standard InChI is InChI=1S/C20H21N3O3/c1-3-25-20(24)16-12(2)26-19-17(16)18(21-11-22-19)23-15-10-6-8-13-7-4-5-9-14(13)15/h4-5,7,9,11,15H,3,6,8,10H2,1-2H3,(H,21,22,23)/t15-/m1/s1. The van der Waals surface area contributed by atoms with Crippen molar-refractivity contribution >= 4 is 22.9 Å². The van der Waals surface area contributed by atoms with Gasteiger partial charge in [-0.15, -0.1) is 0 Å². The van der Waals surface area contributed by atoms with Gasteiger partial charge in [0.25, 0.3) is 0 Å². The van der Waals surface area contributed by atoms with E-state index in [0.717, 1.165) is 19.3 Å². The minimum Gasteiger partial charge on any atom is -0.462 e. The van der Waals surface area contributed by atoms with E-state index in [2.05, 4.69) is 39.6 Å². The zero-order chi connectivity index (χ0) is 18.1. The Morgan fingerprint density at radius 1 is 1.35 bits per heavy atom. The first-order valence-corrected chi connectivity index (χ1v) is 8.94. The third-order valence-corrected chi connectivity index (χ3v) is 4.82. The summed E-state index contributed by atoms with van der Waals surface area (Å²) in [6.45, 7) is 3.83. The van der Waals surface area contributed by atoms with Crippen LogP contribution in [-0.2, 0) is 11.2 Å². The molecule has 6 heteroatoms. The number of carbonyl (C=O) groups is 1. The average Bonchev–Trinajstić information content (AvgIpc) is 2.99. The number of furan rings is 1. The number of aromatic nitrogens is 2. The van der Waals surface area contributed by atoms with Gasteiger partial charge in [0.05, 0.1) is 18.0 Å². The summed E-state index contributed by atoms with van der Waals surface area (Å²) >= 11 is 0. The molecule has 0 saturated carbocycles. The van der Waals surface area contributed by atoms with Crippen LogP contribution in [0, 0.1) is 6.92 Å². The first kappa shape index (κ1) is 16.6. The van der Waals surface area contributed by atoms with Crippen LogP contribution in [0.25, 0.3) is 11.1 Å². The smallest absolute Gasteiger partial charge is 0.342 e. The highest BCUT2D eigenvalue weighted by atomic mass is 16.5. The Morgan fingerprint density at radius 3 is 3.04 bits per heavy atom. The highest BCUT2D eigenvalue weighted by Crippen LogP contribution is 2.35. The van der Waals surface area contributed by atoms with Crippen LogP contribution in [0.1, 0.15) is 53.1 Å². The SMILES string of the molecule is CCOC(=O)c1c(C)oc2ncnc(N[C@@H]3CCCc4ccccc43)c12. The largest absolute Gasteiger partial charge is 0.462 e. The maximum absolute atomic E-state index is 12.4. The van der Waals surface area contributed by atoms with Crippen LogP contribution in [0.2, 0.25) is 0 Å². The number of nitrogens with zero attached hydrogens (tertiary/aromatic N) is 2. The maximum atomic E-state index is 12.4. The molecule has 2 heterocycles. The van der Waals surface area contributed by atoms with Gasteiger partial charge < -0.3 is 14.5 Å². The summed E-state index contributed by atoms with van der Waals surface area (Å²) in [5, 5.41) is 4.10. The molecule has 0 unspecified atom stereocenters. The Kier molecular flexibility index (Phi) is 4.32. The summed E-state index contributed by atoms with van der Waals surface area (Å²) in [5.41, 5.74) is 3.43. The third kappa shape index (κ3) is 2.81. The van der Waals surface area contributed by atoms with E-state index >= 15 is 0 Å². The highest BCUT2D eigenvalue weighted by molar-refractivity contribution is 6.07. The highest BCUT2D eigenvalue weighted by Gasteiger charge is 2.26. The Balaban J connectivity index is 1.77. The van der Waals surface area contributed by atoms with E-state index in [1.54, 1.807) is 13.8 Å². The molecule has 0 radical (unpaired) electrons. The van der Waals surface area contributed by atoms with Crippen LogP contribution in [0.3, 0.4) is 0 Å². The van der Waals surface area contributed by atoms with Crippen LogP contribution in [0.5, 0.6) is 0 Å². The molecule has 0 fully saturated rings. The predicted octanol–water partition coefficient (Wildman–Crippen LogP) is 4.20. The van der Waals surface area contributed by atoms with E-state index in [-0.39, 0.29) is 6.04 Å². The molecule has 0 saturated heterocycles. The van der Waals surface area contributed by atoms with Crippen molar-refractivity contribution in [1.82, 2.24) is 9.97 Å². The fraction of sp³-hybridized carbons (Fsp3) is 0.350. The first-order chi connectivity index (χ1) is 12.7. The molecule has 0 aliphatic heterocycles. The second kappa shape index (κ2) is 6.78. The summed E-state index contributed by atoms with van der Waals surface area (Å²) in [6, 6.07) is 8.59. The molecule has 1 aliphatic carbocycles. The maximum Gasteiger partial charge on any atom is 0.342 e. The van der Waals surface area contributed by atoms with Crippen LogP contribution < -0.4 is 5.32 Å². The summed E-state index contributed by atoms with van der Waals surface area (Å²) in [5.74, 6) is 0.688. The van der Waals surface area contributed by atoms with Crippen molar-refractivity contribution in [2.24, 2.45) is 0 Å². The summed E-state index contributed by atoms with van der Waals surface area (Å²) in [7, 11) is 0. The molecular formula is C20H21N3O3. The minimum absolute atomic E-state index is 0.142. The molecule has 26 heavy (non-hydrogen) atoms. The number of hydrogen-bond donors (Lipinski definition) is 1. The molecular weight excluding hydrogens is 330 g/mol. The van der Waals surface area contributed by atoms with Crippen molar-refractivity contribution in [1.29, 1.82) is 0 Å². The summed E-state index contributed by atoms with van der Waals surface area (Å²) < 4.78 is 10.9. The second-order valence-corrected chi connectivity index (χ2v) is 6.44. The molecule has 0 bridgehead atoms. The van der Waals surface area contributed by atoms with Gasteiger partial charge in [0.15, 0.2) is 0 Å². The summed E-state index contributed by atoms with van der Waals surface area (Å²) in [4.78, 5) is 21.0. The van der Waals surface area contributed by atoms with Crippen molar-refractivity contribution < 1.29 is 13.9 Å². The predicted molar refractivity (Wildman–Crippen MR) is 98.2 cm³/mol. The van der Waals surface area contributed by atoms with Gasteiger partial charge in [0, 0.05) is 0 Å². The summed E-state index contributed by atoms with van der Waals surface area (Å²) in [6.07, 6.45) is 4.66. The Labute approximate surface area is 151 Å². The molecule has 0 spiro atoms. The average molecular weight is 351 g/mol. The lowest BCUT2D eigenvalue weighted by atomic mass is 9.87. The topological polar surface area (TPSA) is 77.2 Å². The number of hydrogen-bond acceptors (Lipinski definition) is 6. The van der Waals surface area contributed by atoms with Crippen molar-refractivity contribution in [2.75, 3.05) is 11.9 Å². The number of benzene rings is 1. The second-order valence-electron chi connectivity index (χ2n) is 6.44. The van der Waals surface area contributed by atoms with Gasteiger partial charge in [-0.1, -0.05) is 24.3 Å². The van der Waals surface area contributed by atoms with Crippen LogP contribution in [-0.4, -0.2) is 22.5 Å². The number of anilines is 1. The molecule has 2 aromatic heterocycles. The van der Waals surface area contributed by atoms with E-state index in [0.29, 0.717) is 34.8 Å². The zero-order valence-corrected chi connectivity index (χ0v) is 14.9. The van der Waals surface area contributed by atoms with Crippen LogP contribution in [0.15, 0.2) is 35.0 Å². The van der Waals surface area contributed by atoms with Gasteiger partial charge in [-0.3, -0.25) is 0 Å². The van der Waals surface area contributed by atoms with Crippen molar-refractivity contribution in [3.05, 3.63) is 53.0 Å². The Morgan fingerprint density at radius 2 is 2.19 bits per heavy atom. The first-order valence-electron chi connectivity index (χ1n) is 8.94. The van der Waals surface area contributed by atoms with Crippen LogP contribution >= 0.6 is 0 Å². The lowest BCUT2D eigenvalue weighted by Gasteiger charge is -2.27. The van der Waals surface area contributed by atoms with Crippen molar-refractivity contribution in [3.8, 4) is 0 Å². The normalized spacial score (nSPS) is 16.3. The number of carbonyl (C=O) groups excluding carboxylic acids is 1. The van der Waals surface area contributed by atoms with Crippen molar-refractivity contribution in [3.63, 3.8) is 0 Å². The van der Waals surface area contributed by atoms with E-state index in [1.807, 2.05) is 0 Å². The lowest BCUT2D eigenvalue weighted by molar-refractivity contribution is 0.0526. The van der Waals surface area contributed by atoms with E-state index in [4.69, 9.17) is 9.15 Å². The molecule has 1 N–H and O–H groups in total. The van der Waals surface area contributed by atoms with Gasteiger partial charge in [0.2, 0.25) is 5.71 Å². The number of rotatable bonds is 4. The third-order valence-electron chi connectivity index (χ3n) is 4.82.